The number of rotatable bonds is 2. The van der Waals surface area contributed by atoms with Gasteiger partial charge in [-0.1, -0.05) is 17.7 Å². The molecule has 0 aliphatic carbocycles. The third-order valence-corrected chi connectivity index (χ3v) is 8.03. The van der Waals surface area contributed by atoms with Crippen LogP contribution < -0.4 is 0 Å². The fourth-order valence-corrected chi connectivity index (χ4v) is 6.70. The first-order valence-electron chi connectivity index (χ1n) is 6.11. The van der Waals surface area contributed by atoms with Crippen molar-refractivity contribution < 1.29 is 16.8 Å². The predicted octanol–water partition coefficient (Wildman–Crippen LogP) is 0.555. The van der Waals surface area contributed by atoms with Crippen LogP contribution in [-0.4, -0.2) is 44.7 Å². The molecule has 0 radical (unpaired) electrons. The van der Waals surface area contributed by atoms with Gasteiger partial charge in [0, 0.05) is 12.6 Å². The maximum Gasteiger partial charge on any atom is 0.243 e. The van der Waals surface area contributed by atoms with Crippen LogP contribution in [0.1, 0.15) is 12.0 Å². The summed E-state index contributed by atoms with van der Waals surface area (Å²) in [6, 6.07) is 6.26. The summed E-state index contributed by atoms with van der Waals surface area (Å²) in [5.74, 6) is -0.0389. The second kappa shape index (κ2) is 4.04. The zero-order valence-electron chi connectivity index (χ0n) is 10.5. The van der Waals surface area contributed by atoms with Crippen molar-refractivity contribution in [3.05, 3.63) is 29.8 Å². The molecule has 0 N–H and O–H groups in total. The average Bonchev–Trinajstić information content (AvgIpc) is 2.85. The molecule has 2 bridgehead atoms. The fourth-order valence-electron chi connectivity index (χ4n) is 2.80. The predicted molar refractivity (Wildman–Crippen MR) is 71.1 cm³/mol. The van der Waals surface area contributed by atoms with E-state index >= 15 is 0 Å². The Balaban J connectivity index is 1.94. The molecule has 0 saturated carbocycles. The van der Waals surface area contributed by atoms with Gasteiger partial charge in [-0.05, 0) is 25.5 Å². The van der Waals surface area contributed by atoms with E-state index in [1.165, 1.54) is 4.31 Å². The lowest BCUT2D eigenvalue weighted by molar-refractivity contribution is 0.402. The average molecular weight is 301 g/mol. The normalized spacial score (nSPS) is 29.7. The molecule has 5 nitrogen and oxygen atoms in total. The zero-order valence-corrected chi connectivity index (χ0v) is 12.1. The number of benzene rings is 1. The van der Waals surface area contributed by atoms with Gasteiger partial charge < -0.3 is 0 Å². The Morgan fingerprint density at radius 2 is 1.84 bits per heavy atom. The van der Waals surface area contributed by atoms with E-state index < -0.39 is 25.1 Å². The van der Waals surface area contributed by atoms with Crippen LogP contribution >= 0.6 is 0 Å². The highest BCUT2D eigenvalue weighted by Crippen LogP contribution is 2.36. The van der Waals surface area contributed by atoms with Crippen molar-refractivity contribution in [3.63, 3.8) is 0 Å². The molecule has 2 atom stereocenters. The summed E-state index contributed by atoms with van der Waals surface area (Å²) in [4.78, 5) is 0.239. The highest BCUT2D eigenvalue weighted by atomic mass is 32.2. The minimum Gasteiger partial charge on any atom is -0.228 e. The zero-order chi connectivity index (χ0) is 13.8. The van der Waals surface area contributed by atoms with Crippen LogP contribution in [0.15, 0.2) is 29.2 Å². The first-order valence-corrected chi connectivity index (χ1v) is 9.26. The van der Waals surface area contributed by atoms with Crippen LogP contribution in [0.5, 0.6) is 0 Å². The number of sulfonamides is 1. The van der Waals surface area contributed by atoms with Crippen LogP contribution in [0.25, 0.3) is 0 Å². The van der Waals surface area contributed by atoms with Crippen molar-refractivity contribution in [1.29, 1.82) is 0 Å². The van der Waals surface area contributed by atoms with Crippen LogP contribution in [0.2, 0.25) is 0 Å². The number of fused-ring (bicyclic) bond motifs is 2. The van der Waals surface area contributed by atoms with Crippen LogP contribution in [-0.2, 0) is 19.9 Å². The number of aryl methyl sites for hydroxylation is 1. The topological polar surface area (TPSA) is 71.5 Å². The van der Waals surface area contributed by atoms with Gasteiger partial charge in [-0.2, -0.15) is 4.31 Å². The van der Waals surface area contributed by atoms with Gasteiger partial charge in [0.25, 0.3) is 0 Å². The summed E-state index contributed by atoms with van der Waals surface area (Å²) in [5.41, 5.74) is 0.990. The molecule has 0 aromatic heterocycles. The number of hydrogen-bond donors (Lipinski definition) is 0. The summed E-state index contributed by atoms with van der Waals surface area (Å²) in [6.45, 7) is 1.99. The molecule has 2 aliphatic heterocycles. The Bertz CT molecular complexity index is 707. The molecule has 3 rings (SSSR count). The van der Waals surface area contributed by atoms with Crippen LogP contribution in [0.3, 0.4) is 0 Å². The minimum atomic E-state index is -3.57. The van der Waals surface area contributed by atoms with Gasteiger partial charge in [0.2, 0.25) is 10.0 Å². The standard InChI is InChI=1S/C12H15NO4S2/c1-9-2-4-11(5-3-9)19(16,17)13-7-12-6-10(13)8-18(12,14)15/h2-5,10,12H,6-8H2,1H3. The minimum absolute atomic E-state index is 0.0389. The quantitative estimate of drug-likeness (QED) is 0.800. The van der Waals surface area contributed by atoms with E-state index in [2.05, 4.69) is 0 Å². The molecular weight excluding hydrogens is 286 g/mol. The monoisotopic (exact) mass is 301 g/mol. The van der Waals surface area contributed by atoms with Crippen molar-refractivity contribution in [2.45, 2.75) is 29.5 Å². The Morgan fingerprint density at radius 1 is 1.21 bits per heavy atom. The second-order valence-corrected chi connectivity index (χ2v) is 9.45. The van der Waals surface area contributed by atoms with E-state index in [0.29, 0.717) is 6.42 Å². The summed E-state index contributed by atoms with van der Waals surface area (Å²) < 4.78 is 49.6. The Morgan fingerprint density at radius 3 is 2.32 bits per heavy atom. The van der Waals surface area contributed by atoms with Crippen molar-refractivity contribution in [1.82, 2.24) is 4.31 Å². The summed E-state index contributed by atoms with van der Waals surface area (Å²) >= 11 is 0. The van der Waals surface area contributed by atoms with Crippen molar-refractivity contribution in [2.24, 2.45) is 0 Å². The molecule has 2 heterocycles. The Hall–Kier alpha value is -0.920. The maximum absolute atomic E-state index is 12.5. The lowest BCUT2D eigenvalue weighted by Gasteiger charge is -2.26. The molecule has 2 aliphatic rings. The van der Waals surface area contributed by atoms with Crippen molar-refractivity contribution >= 4 is 19.9 Å². The first-order chi connectivity index (χ1) is 8.80. The number of sulfone groups is 1. The van der Waals surface area contributed by atoms with E-state index in [-0.39, 0.29) is 23.2 Å². The highest BCUT2D eigenvalue weighted by Gasteiger charge is 2.52. The smallest absolute Gasteiger partial charge is 0.228 e. The Labute approximate surface area is 113 Å². The SMILES string of the molecule is Cc1ccc(S(=O)(=O)N2CC3CC2CS3(=O)=O)cc1. The van der Waals surface area contributed by atoms with E-state index in [4.69, 9.17) is 0 Å². The maximum atomic E-state index is 12.5. The van der Waals surface area contributed by atoms with E-state index in [1.54, 1.807) is 24.3 Å². The number of hydrogen-bond acceptors (Lipinski definition) is 4. The van der Waals surface area contributed by atoms with Gasteiger partial charge in [0.05, 0.1) is 15.9 Å². The summed E-state index contributed by atoms with van der Waals surface area (Å²) in [6.07, 6.45) is 0.438. The van der Waals surface area contributed by atoms with Gasteiger partial charge in [0.1, 0.15) is 0 Å². The van der Waals surface area contributed by atoms with Gasteiger partial charge in [-0.15, -0.1) is 0 Å². The van der Waals surface area contributed by atoms with Crippen molar-refractivity contribution in [3.8, 4) is 0 Å². The van der Waals surface area contributed by atoms with Crippen LogP contribution in [0, 0.1) is 6.92 Å². The van der Waals surface area contributed by atoms with E-state index in [1.807, 2.05) is 6.92 Å². The molecule has 7 heteroatoms. The molecule has 2 saturated heterocycles. The van der Waals surface area contributed by atoms with E-state index in [9.17, 15) is 16.8 Å². The Kier molecular flexibility index (Phi) is 2.78. The number of nitrogens with zero attached hydrogens (tertiary/aromatic N) is 1. The molecule has 19 heavy (non-hydrogen) atoms. The fraction of sp³-hybridized carbons (Fsp3) is 0.500. The summed E-state index contributed by atoms with van der Waals surface area (Å²) in [7, 11) is -6.64. The van der Waals surface area contributed by atoms with E-state index in [0.717, 1.165) is 5.56 Å². The van der Waals surface area contributed by atoms with Gasteiger partial charge >= 0.3 is 0 Å². The first kappa shape index (κ1) is 13.1. The molecule has 2 unspecified atom stereocenters. The molecule has 1 aromatic carbocycles. The molecule has 104 valence electrons. The molecule has 1 aromatic rings. The second-order valence-electron chi connectivity index (χ2n) is 5.23. The molecule has 2 fully saturated rings. The summed E-state index contributed by atoms with van der Waals surface area (Å²) in [5, 5.41) is -0.516. The largest absolute Gasteiger partial charge is 0.243 e. The third kappa shape index (κ3) is 2.00. The lowest BCUT2D eigenvalue weighted by atomic mass is 10.2. The van der Waals surface area contributed by atoms with Gasteiger partial charge in [0.15, 0.2) is 9.84 Å². The molecular formula is C12H15NO4S2. The third-order valence-electron chi connectivity index (χ3n) is 3.89. The lowest BCUT2D eigenvalue weighted by Crippen LogP contribution is -2.43. The van der Waals surface area contributed by atoms with Crippen LogP contribution in [0.4, 0.5) is 0 Å². The van der Waals surface area contributed by atoms with Gasteiger partial charge in [-0.3, -0.25) is 0 Å². The molecule has 0 spiro atoms. The molecule has 0 amide bonds. The van der Waals surface area contributed by atoms with Gasteiger partial charge in [-0.25, -0.2) is 16.8 Å². The van der Waals surface area contributed by atoms with Crippen molar-refractivity contribution in [2.75, 3.05) is 12.3 Å². The highest BCUT2D eigenvalue weighted by molar-refractivity contribution is 7.93.